The van der Waals surface area contributed by atoms with E-state index < -0.39 is 11.4 Å². The molecule has 0 bridgehead atoms. The molecule has 0 spiro atoms. The number of nitrogens with zero attached hydrogens (tertiary/aromatic N) is 5. The van der Waals surface area contributed by atoms with Crippen molar-refractivity contribution in [2.45, 2.75) is 79.8 Å². The minimum absolute atomic E-state index is 0.0464. The molecule has 1 aromatic carbocycles. The maximum Gasteiger partial charge on any atom is 0.309 e. The largest absolute Gasteiger partial charge is 0.481 e. The number of hydrogen-bond donors (Lipinski definition) is 1. The van der Waals surface area contributed by atoms with Crippen LogP contribution in [0.3, 0.4) is 0 Å². The van der Waals surface area contributed by atoms with Gasteiger partial charge in [0.1, 0.15) is 0 Å². The van der Waals surface area contributed by atoms with Crippen molar-refractivity contribution in [1.82, 2.24) is 24.8 Å². The van der Waals surface area contributed by atoms with E-state index in [1.807, 2.05) is 36.2 Å². The van der Waals surface area contributed by atoms with Crippen molar-refractivity contribution in [1.29, 1.82) is 0 Å². The van der Waals surface area contributed by atoms with Crippen molar-refractivity contribution < 1.29 is 14.7 Å². The van der Waals surface area contributed by atoms with Gasteiger partial charge in [-0.25, -0.2) is 0 Å². The molecule has 1 aliphatic rings. The third kappa shape index (κ3) is 7.32. The summed E-state index contributed by atoms with van der Waals surface area (Å²) in [4.78, 5) is 29.4. The Morgan fingerprint density at radius 2 is 1.97 bits per heavy atom. The molecule has 3 rings (SSSR count). The molecule has 9 heteroatoms. The lowest BCUT2D eigenvalue weighted by atomic mass is 9.72. The van der Waals surface area contributed by atoms with E-state index in [1.54, 1.807) is 18.5 Å². The summed E-state index contributed by atoms with van der Waals surface area (Å²) in [6, 6.07) is 5.83. The maximum atomic E-state index is 13.0. The number of rotatable bonds is 11. The molecule has 8 nitrogen and oxygen atoms in total. The lowest BCUT2D eigenvalue weighted by Gasteiger charge is -2.32. The fourth-order valence-electron chi connectivity index (χ4n) is 5.36. The molecule has 37 heavy (non-hydrogen) atoms. The summed E-state index contributed by atoms with van der Waals surface area (Å²) in [5.74, 6) is -0.957. The minimum Gasteiger partial charge on any atom is -0.481 e. The van der Waals surface area contributed by atoms with Gasteiger partial charge in [0.25, 0.3) is 0 Å². The molecule has 1 fully saturated rings. The number of aromatic nitrogens is 3. The number of halogens is 1. The number of carbonyl (C=O) groups excluding carboxylic acids is 1. The molecule has 1 saturated heterocycles. The van der Waals surface area contributed by atoms with Crippen molar-refractivity contribution >= 4 is 23.5 Å². The first-order valence-electron chi connectivity index (χ1n) is 13.3. The fraction of sp³-hybridized carbons (Fsp3) is 0.643. The second-order valence-electron chi connectivity index (χ2n) is 11.7. The van der Waals surface area contributed by atoms with Gasteiger partial charge >= 0.3 is 5.97 Å². The molecule has 1 unspecified atom stereocenters. The van der Waals surface area contributed by atoms with E-state index in [9.17, 15) is 14.7 Å². The summed E-state index contributed by atoms with van der Waals surface area (Å²) in [7, 11) is 0. The number of aryl methyl sites for hydroxylation is 2. The standard InChI is InChI=1S/C28H42ClN5O3/c1-7-13-33-19-27(3,4)18-32(17-25(33)35)15-21-14-20(9-12-24(21)29)23(28(5,6)26(36)37)11-10-22-16-34(8-2)31-30-22/h9,12,14,16,23H,7-8,10-11,13,15,17-19H2,1-6H3,(H,36,37). The van der Waals surface area contributed by atoms with Crippen LogP contribution in [-0.2, 0) is 29.1 Å². The van der Waals surface area contributed by atoms with Gasteiger partial charge < -0.3 is 10.0 Å². The number of carboxylic acids is 1. The second kappa shape index (κ2) is 11.9. The molecule has 2 aromatic rings. The molecular formula is C28H42ClN5O3. The zero-order valence-corrected chi connectivity index (χ0v) is 23.9. The van der Waals surface area contributed by atoms with Crippen LogP contribution in [0.15, 0.2) is 24.4 Å². The Kier molecular flexibility index (Phi) is 9.40. The van der Waals surface area contributed by atoms with Gasteiger partial charge in [0.2, 0.25) is 5.91 Å². The minimum atomic E-state index is -0.993. The van der Waals surface area contributed by atoms with Crippen LogP contribution in [0.25, 0.3) is 0 Å². The fourth-order valence-corrected chi connectivity index (χ4v) is 5.54. The topological polar surface area (TPSA) is 91.6 Å². The monoisotopic (exact) mass is 531 g/mol. The highest BCUT2D eigenvalue weighted by Crippen LogP contribution is 2.40. The van der Waals surface area contributed by atoms with Crippen LogP contribution < -0.4 is 0 Å². The van der Waals surface area contributed by atoms with E-state index in [0.29, 0.717) is 31.0 Å². The lowest BCUT2D eigenvalue weighted by Crippen LogP contribution is -2.38. The smallest absolute Gasteiger partial charge is 0.309 e. The van der Waals surface area contributed by atoms with E-state index in [4.69, 9.17) is 11.6 Å². The Bertz CT molecular complexity index is 1100. The van der Waals surface area contributed by atoms with E-state index >= 15 is 0 Å². The van der Waals surface area contributed by atoms with Crippen LogP contribution in [0.4, 0.5) is 0 Å². The molecule has 0 saturated carbocycles. The van der Waals surface area contributed by atoms with E-state index in [2.05, 4.69) is 36.0 Å². The first-order valence-corrected chi connectivity index (χ1v) is 13.6. The number of carbonyl (C=O) groups is 2. The van der Waals surface area contributed by atoms with Gasteiger partial charge in [-0.1, -0.05) is 49.7 Å². The van der Waals surface area contributed by atoms with E-state index in [1.165, 1.54) is 0 Å². The van der Waals surface area contributed by atoms with Gasteiger partial charge in [0.15, 0.2) is 0 Å². The third-order valence-electron chi connectivity index (χ3n) is 7.36. The lowest BCUT2D eigenvalue weighted by molar-refractivity contribution is -0.148. The number of hydrogen-bond acceptors (Lipinski definition) is 5. The highest BCUT2D eigenvalue weighted by molar-refractivity contribution is 6.31. The van der Waals surface area contributed by atoms with Crippen molar-refractivity contribution in [3.05, 3.63) is 46.2 Å². The molecule has 0 radical (unpaired) electrons. The molecule has 1 N–H and O–H groups in total. The quantitative estimate of drug-likeness (QED) is 0.445. The molecule has 204 valence electrons. The molecule has 1 aromatic heterocycles. The van der Waals surface area contributed by atoms with Gasteiger partial charge in [0.05, 0.1) is 17.7 Å². The molecular weight excluding hydrogens is 490 g/mol. The summed E-state index contributed by atoms with van der Waals surface area (Å²) in [6.07, 6.45) is 4.09. The number of carboxylic acid groups (broad SMARTS) is 1. The Morgan fingerprint density at radius 3 is 2.59 bits per heavy atom. The summed E-state index contributed by atoms with van der Waals surface area (Å²) in [5.41, 5.74) is 1.66. The van der Waals surface area contributed by atoms with Crippen LogP contribution in [0.5, 0.6) is 0 Å². The predicted molar refractivity (Wildman–Crippen MR) is 146 cm³/mol. The van der Waals surface area contributed by atoms with E-state index in [-0.39, 0.29) is 17.2 Å². The maximum absolute atomic E-state index is 13.0. The predicted octanol–water partition coefficient (Wildman–Crippen LogP) is 4.86. The van der Waals surface area contributed by atoms with Crippen molar-refractivity contribution in [3.8, 4) is 0 Å². The molecule has 0 aliphatic carbocycles. The second-order valence-corrected chi connectivity index (χ2v) is 12.1. The first kappa shape index (κ1) is 29.1. The van der Waals surface area contributed by atoms with Gasteiger partial charge in [-0.3, -0.25) is 19.2 Å². The van der Waals surface area contributed by atoms with Gasteiger partial charge in [0, 0.05) is 43.9 Å². The van der Waals surface area contributed by atoms with Crippen molar-refractivity contribution in [2.75, 3.05) is 26.2 Å². The van der Waals surface area contributed by atoms with Crippen molar-refractivity contribution in [2.24, 2.45) is 10.8 Å². The van der Waals surface area contributed by atoms with Crippen LogP contribution in [-0.4, -0.2) is 68.0 Å². The molecule has 1 atom stereocenters. The Morgan fingerprint density at radius 1 is 1.24 bits per heavy atom. The molecule has 1 amide bonds. The Hall–Kier alpha value is -2.45. The van der Waals surface area contributed by atoms with Gasteiger partial charge in [-0.05, 0) is 68.6 Å². The highest BCUT2D eigenvalue weighted by Gasteiger charge is 2.38. The molecule has 2 heterocycles. The highest BCUT2D eigenvalue weighted by atomic mass is 35.5. The Balaban J connectivity index is 1.87. The number of benzene rings is 1. The van der Waals surface area contributed by atoms with Crippen LogP contribution in [0.1, 0.15) is 77.1 Å². The summed E-state index contributed by atoms with van der Waals surface area (Å²) < 4.78 is 1.78. The van der Waals surface area contributed by atoms with Crippen LogP contribution in [0.2, 0.25) is 5.02 Å². The van der Waals surface area contributed by atoms with Gasteiger partial charge in [-0.2, -0.15) is 0 Å². The average Bonchev–Trinajstić information content (AvgIpc) is 3.24. The van der Waals surface area contributed by atoms with Crippen LogP contribution >= 0.6 is 11.6 Å². The summed E-state index contributed by atoms with van der Waals surface area (Å²) >= 11 is 6.66. The third-order valence-corrected chi connectivity index (χ3v) is 7.73. The molecule has 1 aliphatic heterocycles. The first-order chi connectivity index (χ1) is 17.4. The normalized spacial score (nSPS) is 17.6. The van der Waals surface area contributed by atoms with E-state index in [0.717, 1.165) is 49.4 Å². The SMILES string of the molecule is CCCN1CC(C)(C)CN(Cc2cc(C(CCc3cn(CC)nn3)C(C)(C)C(=O)O)ccc2Cl)CC1=O. The zero-order valence-electron chi connectivity index (χ0n) is 23.1. The summed E-state index contributed by atoms with van der Waals surface area (Å²) in [6.45, 7) is 15.9. The van der Waals surface area contributed by atoms with Gasteiger partial charge in [-0.15, -0.1) is 5.10 Å². The number of aliphatic carboxylic acids is 1. The van der Waals surface area contributed by atoms with Crippen LogP contribution in [0, 0.1) is 10.8 Å². The zero-order chi connectivity index (χ0) is 27.4. The summed E-state index contributed by atoms with van der Waals surface area (Å²) in [5, 5.41) is 19.1. The number of amides is 1. The average molecular weight is 532 g/mol. The Labute approximate surface area is 226 Å². The van der Waals surface area contributed by atoms with Crippen molar-refractivity contribution in [3.63, 3.8) is 0 Å².